The fraction of sp³-hybridized carbons (Fsp3) is 0.188. The maximum Gasteiger partial charge on any atom is 0.174 e. The highest BCUT2D eigenvalue weighted by atomic mass is 35.5. The molecule has 0 saturated heterocycles. The Balaban J connectivity index is 2.15. The third-order valence-corrected chi connectivity index (χ3v) is 3.72. The molecular weight excluding hydrogens is 344 g/mol. The van der Waals surface area contributed by atoms with E-state index in [1.807, 2.05) is 0 Å². The lowest BCUT2D eigenvalue weighted by atomic mass is 10.0. The Morgan fingerprint density at radius 2 is 1.75 bits per heavy atom. The number of pyridine rings is 1. The van der Waals surface area contributed by atoms with Gasteiger partial charge in [0.25, 0.3) is 0 Å². The lowest BCUT2D eigenvalue weighted by Gasteiger charge is -2.15. The van der Waals surface area contributed by atoms with E-state index in [9.17, 15) is 13.9 Å². The predicted octanol–water partition coefficient (Wildman–Crippen LogP) is 3.86. The molecule has 1 aromatic carbocycles. The standard InChI is InChI=1S/C16H12ClF2NO4/c1-22-9-6-10(23-2)15(19)13(14(9)18)16(21)11-5-7-8(24-11)3-4-12(17)20-7/h3-6,16,21H,1-2H3. The number of halogens is 3. The molecule has 0 radical (unpaired) electrons. The van der Waals surface area contributed by atoms with Crippen LogP contribution in [0.25, 0.3) is 11.1 Å². The molecule has 3 aromatic rings. The zero-order valence-corrected chi connectivity index (χ0v) is 13.4. The van der Waals surface area contributed by atoms with E-state index in [2.05, 4.69) is 4.98 Å². The molecule has 1 atom stereocenters. The Hall–Kier alpha value is -2.38. The van der Waals surface area contributed by atoms with Crippen LogP contribution in [-0.4, -0.2) is 24.3 Å². The minimum Gasteiger partial charge on any atom is -0.494 e. The molecule has 0 aliphatic rings. The van der Waals surface area contributed by atoms with E-state index in [-0.39, 0.29) is 22.4 Å². The van der Waals surface area contributed by atoms with Crippen LogP contribution in [0.2, 0.25) is 5.15 Å². The van der Waals surface area contributed by atoms with Crippen molar-refractivity contribution in [3.05, 3.63) is 52.4 Å². The second-order valence-corrected chi connectivity index (χ2v) is 5.28. The number of nitrogens with zero attached hydrogens (tertiary/aromatic N) is 1. The molecule has 2 heterocycles. The van der Waals surface area contributed by atoms with Crippen LogP contribution >= 0.6 is 11.6 Å². The van der Waals surface area contributed by atoms with Gasteiger partial charge in [-0.3, -0.25) is 0 Å². The molecule has 5 nitrogen and oxygen atoms in total. The Morgan fingerprint density at radius 3 is 2.33 bits per heavy atom. The number of aromatic nitrogens is 1. The first-order valence-corrected chi connectivity index (χ1v) is 7.18. The first-order chi connectivity index (χ1) is 11.5. The normalized spacial score (nSPS) is 12.4. The molecule has 8 heteroatoms. The smallest absolute Gasteiger partial charge is 0.174 e. The van der Waals surface area contributed by atoms with Gasteiger partial charge < -0.3 is 19.0 Å². The highest BCUT2D eigenvalue weighted by Crippen LogP contribution is 2.38. The number of fused-ring (bicyclic) bond motifs is 1. The van der Waals surface area contributed by atoms with Crippen molar-refractivity contribution in [1.82, 2.24) is 4.98 Å². The van der Waals surface area contributed by atoms with Gasteiger partial charge in [-0.15, -0.1) is 0 Å². The van der Waals surface area contributed by atoms with Gasteiger partial charge in [0, 0.05) is 12.1 Å². The number of aliphatic hydroxyl groups excluding tert-OH is 1. The third kappa shape index (κ3) is 2.65. The van der Waals surface area contributed by atoms with Crippen molar-refractivity contribution in [1.29, 1.82) is 0 Å². The number of ether oxygens (including phenoxy) is 2. The van der Waals surface area contributed by atoms with Gasteiger partial charge in [-0.05, 0) is 12.1 Å². The molecular formula is C16H12ClF2NO4. The summed E-state index contributed by atoms with van der Waals surface area (Å²) in [6.07, 6.45) is -1.72. The van der Waals surface area contributed by atoms with Crippen LogP contribution in [0, 0.1) is 11.6 Å². The van der Waals surface area contributed by atoms with Crippen LogP contribution in [0.3, 0.4) is 0 Å². The number of rotatable bonds is 4. The minimum absolute atomic E-state index is 0.0899. The molecule has 0 saturated carbocycles. The summed E-state index contributed by atoms with van der Waals surface area (Å²) in [5.41, 5.74) is 0.0349. The van der Waals surface area contributed by atoms with Crippen LogP contribution in [-0.2, 0) is 0 Å². The number of hydrogen-bond acceptors (Lipinski definition) is 5. The summed E-state index contributed by atoms with van der Waals surface area (Å²) in [5, 5.41) is 10.6. The van der Waals surface area contributed by atoms with Gasteiger partial charge in [0.2, 0.25) is 0 Å². The topological polar surface area (TPSA) is 64.7 Å². The average Bonchev–Trinajstić information content (AvgIpc) is 2.98. The van der Waals surface area contributed by atoms with Gasteiger partial charge in [0.05, 0.1) is 19.8 Å². The molecule has 3 rings (SSSR count). The van der Waals surface area contributed by atoms with Gasteiger partial charge in [0.1, 0.15) is 22.5 Å². The summed E-state index contributed by atoms with van der Waals surface area (Å²) >= 11 is 5.79. The van der Waals surface area contributed by atoms with Crippen LogP contribution in [0.4, 0.5) is 8.78 Å². The number of benzene rings is 1. The van der Waals surface area contributed by atoms with E-state index in [1.165, 1.54) is 26.4 Å². The van der Waals surface area contributed by atoms with Crippen molar-refractivity contribution in [3.63, 3.8) is 0 Å². The van der Waals surface area contributed by atoms with Gasteiger partial charge >= 0.3 is 0 Å². The highest BCUT2D eigenvalue weighted by molar-refractivity contribution is 6.29. The highest BCUT2D eigenvalue weighted by Gasteiger charge is 2.28. The van der Waals surface area contributed by atoms with E-state index in [1.54, 1.807) is 6.07 Å². The van der Waals surface area contributed by atoms with Crippen LogP contribution in [0.5, 0.6) is 11.5 Å². The van der Waals surface area contributed by atoms with Crippen molar-refractivity contribution in [3.8, 4) is 11.5 Å². The van der Waals surface area contributed by atoms with Gasteiger partial charge in [-0.1, -0.05) is 11.6 Å². The Kier molecular flexibility index (Phi) is 4.29. The van der Waals surface area contributed by atoms with E-state index in [0.717, 1.165) is 6.07 Å². The van der Waals surface area contributed by atoms with Crippen LogP contribution < -0.4 is 9.47 Å². The Bertz CT molecular complexity index is 884. The number of furan rings is 1. The third-order valence-electron chi connectivity index (χ3n) is 3.51. The number of hydrogen-bond donors (Lipinski definition) is 1. The molecule has 1 unspecified atom stereocenters. The fourth-order valence-electron chi connectivity index (χ4n) is 2.34. The van der Waals surface area contributed by atoms with Crippen molar-refractivity contribution in [2.24, 2.45) is 0 Å². The average molecular weight is 356 g/mol. The maximum atomic E-state index is 14.4. The van der Waals surface area contributed by atoms with E-state index < -0.39 is 23.3 Å². The van der Waals surface area contributed by atoms with Crippen molar-refractivity contribution >= 4 is 22.7 Å². The maximum absolute atomic E-state index is 14.4. The molecule has 24 heavy (non-hydrogen) atoms. The number of aliphatic hydroxyl groups is 1. The largest absolute Gasteiger partial charge is 0.494 e. The summed E-state index contributed by atoms with van der Waals surface area (Å²) in [5.74, 6) is -2.71. The summed E-state index contributed by atoms with van der Waals surface area (Å²) in [4.78, 5) is 4.01. The zero-order valence-electron chi connectivity index (χ0n) is 12.6. The molecule has 0 aliphatic heterocycles. The zero-order chi connectivity index (χ0) is 17.4. The summed E-state index contributed by atoms with van der Waals surface area (Å²) in [7, 11) is 2.44. The van der Waals surface area contributed by atoms with E-state index in [0.29, 0.717) is 11.1 Å². The lowest BCUT2D eigenvalue weighted by Crippen LogP contribution is -2.08. The van der Waals surface area contributed by atoms with Gasteiger partial charge in [-0.2, -0.15) is 0 Å². The first kappa shape index (κ1) is 16.5. The molecule has 126 valence electrons. The van der Waals surface area contributed by atoms with E-state index in [4.69, 9.17) is 25.5 Å². The quantitative estimate of drug-likeness (QED) is 0.720. The van der Waals surface area contributed by atoms with Crippen molar-refractivity contribution < 1.29 is 27.8 Å². The molecule has 0 aliphatic carbocycles. The molecule has 2 aromatic heterocycles. The summed E-state index contributed by atoms with van der Waals surface area (Å²) < 4.78 is 44.0. The van der Waals surface area contributed by atoms with E-state index >= 15 is 0 Å². The van der Waals surface area contributed by atoms with Crippen molar-refractivity contribution in [2.45, 2.75) is 6.10 Å². The summed E-state index contributed by atoms with van der Waals surface area (Å²) in [6.45, 7) is 0. The molecule has 0 bridgehead atoms. The van der Waals surface area contributed by atoms with Gasteiger partial charge in [-0.25, -0.2) is 13.8 Å². The van der Waals surface area contributed by atoms with Crippen LogP contribution in [0.1, 0.15) is 17.4 Å². The second kappa shape index (κ2) is 6.26. The Labute approximate surface area is 140 Å². The fourth-order valence-corrected chi connectivity index (χ4v) is 2.49. The molecule has 1 N–H and O–H groups in total. The second-order valence-electron chi connectivity index (χ2n) is 4.89. The van der Waals surface area contributed by atoms with Crippen molar-refractivity contribution in [2.75, 3.05) is 14.2 Å². The minimum atomic E-state index is -1.72. The van der Waals surface area contributed by atoms with Gasteiger partial charge in [0.15, 0.2) is 28.7 Å². The SMILES string of the molecule is COc1cc(OC)c(F)c(C(O)c2cc3nc(Cl)ccc3o2)c1F. The summed E-state index contributed by atoms with van der Waals surface area (Å²) in [6, 6.07) is 5.45. The molecule has 0 amide bonds. The Morgan fingerprint density at radius 1 is 1.12 bits per heavy atom. The number of methoxy groups -OCH3 is 2. The first-order valence-electron chi connectivity index (χ1n) is 6.80. The molecule has 0 fully saturated rings. The molecule has 0 spiro atoms. The lowest BCUT2D eigenvalue weighted by molar-refractivity contribution is 0.179. The predicted molar refractivity (Wildman–Crippen MR) is 82.5 cm³/mol. The van der Waals surface area contributed by atoms with Crippen LogP contribution in [0.15, 0.2) is 28.7 Å². The monoisotopic (exact) mass is 355 g/mol.